The Hall–Kier alpha value is -4.84. The second kappa shape index (κ2) is 12.0. The zero-order valence-electron chi connectivity index (χ0n) is 22.0. The number of rotatable bonds is 8. The first kappa shape index (κ1) is 28.7. The topological polar surface area (TPSA) is 107 Å². The van der Waals surface area contributed by atoms with Crippen LogP contribution in [0.15, 0.2) is 78.9 Å². The summed E-state index contributed by atoms with van der Waals surface area (Å²) in [5.41, 5.74) is 3.75. The van der Waals surface area contributed by atoms with Crippen LogP contribution in [0.5, 0.6) is 5.75 Å². The Morgan fingerprint density at radius 2 is 1.83 bits per heavy atom. The molecule has 0 atom stereocenters. The Balaban J connectivity index is 1.16. The molecule has 1 aliphatic heterocycles. The zero-order chi connectivity index (χ0) is 29.9. The molecule has 0 aliphatic carbocycles. The van der Waals surface area contributed by atoms with Crippen molar-refractivity contribution in [1.82, 2.24) is 25.4 Å². The van der Waals surface area contributed by atoms with Gasteiger partial charge < -0.3 is 14.8 Å². The van der Waals surface area contributed by atoms with Crippen molar-refractivity contribution < 1.29 is 32.2 Å². The minimum Gasteiger partial charge on any atom is -0.470 e. The van der Waals surface area contributed by atoms with E-state index in [9.17, 15) is 22.8 Å². The SMILES string of the molecule is Cc1cccc(Cl)c1C1=C(NC(=O)NCCc2ccc(-c3ncn(-c4ccc(OC(F)(F)F)cc4)n3)cc2)OCC1=O. The number of hydrogen-bond donors (Lipinski definition) is 2. The summed E-state index contributed by atoms with van der Waals surface area (Å²) in [4.78, 5) is 29.3. The van der Waals surface area contributed by atoms with E-state index < -0.39 is 12.4 Å². The molecule has 1 aromatic heterocycles. The molecule has 1 aliphatic rings. The fourth-order valence-electron chi connectivity index (χ4n) is 4.32. The molecule has 0 unspecified atom stereocenters. The first-order valence-corrected chi connectivity index (χ1v) is 13.0. The molecule has 0 spiro atoms. The minimum atomic E-state index is -4.76. The molecule has 42 heavy (non-hydrogen) atoms. The fourth-order valence-corrected chi connectivity index (χ4v) is 4.63. The van der Waals surface area contributed by atoms with Gasteiger partial charge in [-0.15, -0.1) is 18.3 Å². The molecule has 0 saturated heterocycles. The third-order valence-electron chi connectivity index (χ3n) is 6.29. The lowest BCUT2D eigenvalue weighted by Crippen LogP contribution is -2.36. The van der Waals surface area contributed by atoms with Gasteiger partial charge >= 0.3 is 12.4 Å². The average Bonchev–Trinajstić information content (AvgIpc) is 3.56. The van der Waals surface area contributed by atoms with Gasteiger partial charge in [-0.3, -0.25) is 10.1 Å². The molecule has 0 fully saturated rings. The maximum absolute atomic E-state index is 12.5. The Labute approximate surface area is 242 Å². The van der Waals surface area contributed by atoms with E-state index in [2.05, 4.69) is 25.5 Å². The molecule has 216 valence electrons. The number of hydrogen-bond acceptors (Lipinski definition) is 6. The van der Waals surface area contributed by atoms with Crippen LogP contribution in [0.25, 0.3) is 22.6 Å². The highest BCUT2D eigenvalue weighted by atomic mass is 35.5. The molecule has 0 bridgehead atoms. The van der Waals surface area contributed by atoms with Gasteiger partial charge in [0.15, 0.2) is 12.4 Å². The predicted octanol–water partition coefficient (Wildman–Crippen LogP) is 5.60. The van der Waals surface area contributed by atoms with Crippen LogP contribution < -0.4 is 15.4 Å². The number of carbonyl (C=O) groups is 2. The third-order valence-corrected chi connectivity index (χ3v) is 6.61. The second-order valence-electron chi connectivity index (χ2n) is 9.23. The summed E-state index contributed by atoms with van der Waals surface area (Å²) in [6, 6.07) is 17.4. The van der Waals surface area contributed by atoms with Crippen LogP contribution in [-0.4, -0.2) is 46.1 Å². The number of ketones is 1. The predicted molar refractivity (Wildman–Crippen MR) is 148 cm³/mol. The maximum Gasteiger partial charge on any atom is 0.573 e. The van der Waals surface area contributed by atoms with Gasteiger partial charge in [0.25, 0.3) is 0 Å². The summed E-state index contributed by atoms with van der Waals surface area (Å²) in [5, 5.41) is 10.1. The smallest absolute Gasteiger partial charge is 0.470 e. The number of aromatic nitrogens is 3. The van der Waals surface area contributed by atoms with Crippen LogP contribution in [0.3, 0.4) is 0 Å². The highest BCUT2D eigenvalue weighted by Gasteiger charge is 2.31. The van der Waals surface area contributed by atoms with Crippen molar-refractivity contribution in [2.75, 3.05) is 13.2 Å². The van der Waals surface area contributed by atoms with Crippen LogP contribution in [0, 0.1) is 6.92 Å². The number of alkyl halides is 3. The molecule has 0 saturated carbocycles. The quantitative estimate of drug-likeness (QED) is 0.274. The zero-order valence-corrected chi connectivity index (χ0v) is 22.8. The first-order valence-electron chi connectivity index (χ1n) is 12.6. The van der Waals surface area contributed by atoms with Crippen molar-refractivity contribution in [2.24, 2.45) is 0 Å². The number of benzene rings is 3. The van der Waals surface area contributed by atoms with E-state index in [0.717, 1.165) is 16.7 Å². The minimum absolute atomic E-state index is 0.0653. The average molecular weight is 598 g/mol. The van der Waals surface area contributed by atoms with E-state index in [4.69, 9.17) is 16.3 Å². The molecule has 9 nitrogen and oxygen atoms in total. The van der Waals surface area contributed by atoms with E-state index in [1.54, 1.807) is 12.1 Å². The van der Waals surface area contributed by atoms with Crippen LogP contribution in [0.1, 0.15) is 16.7 Å². The van der Waals surface area contributed by atoms with E-state index in [0.29, 0.717) is 35.1 Å². The highest BCUT2D eigenvalue weighted by Crippen LogP contribution is 2.33. The lowest BCUT2D eigenvalue weighted by atomic mass is 9.98. The van der Waals surface area contributed by atoms with Gasteiger partial charge in [0.2, 0.25) is 11.7 Å². The lowest BCUT2D eigenvalue weighted by molar-refractivity contribution is -0.274. The van der Waals surface area contributed by atoms with Crippen molar-refractivity contribution in [1.29, 1.82) is 0 Å². The fraction of sp³-hybridized carbons (Fsp3) is 0.172. The van der Waals surface area contributed by atoms with E-state index in [-0.39, 0.29) is 29.6 Å². The van der Waals surface area contributed by atoms with Crippen molar-refractivity contribution in [2.45, 2.75) is 19.7 Å². The lowest BCUT2D eigenvalue weighted by Gasteiger charge is -2.12. The van der Waals surface area contributed by atoms with Crippen LogP contribution in [0.4, 0.5) is 18.0 Å². The molecular weight excluding hydrogens is 575 g/mol. The number of aryl methyl sites for hydroxylation is 1. The van der Waals surface area contributed by atoms with Gasteiger partial charge in [0.05, 0.1) is 11.3 Å². The summed E-state index contributed by atoms with van der Waals surface area (Å²) >= 11 is 6.32. The number of ether oxygens (including phenoxy) is 2. The van der Waals surface area contributed by atoms with Crippen molar-refractivity contribution in [3.63, 3.8) is 0 Å². The Bertz CT molecular complexity index is 1630. The molecule has 2 amide bonds. The molecule has 2 heterocycles. The number of halogens is 4. The molecule has 5 rings (SSSR count). The third kappa shape index (κ3) is 6.72. The second-order valence-corrected chi connectivity index (χ2v) is 9.64. The van der Waals surface area contributed by atoms with Gasteiger partial charge in [0, 0.05) is 22.7 Å². The van der Waals surface area contributed by atoms with Gasteiger partial charge in [-0.1, -0.05) is 48.0 Å². The number of Topliss-reactive ketones (excluding diaryl/α,β-unsaturated/α-hetero) is 1. The van der Waals surface area contributed by atoms with E-state index in [1.807, 2.05) is 37.3 Å². The van der Waals surface area contributed by atoms with E-state index >= 15 is 0 Å². The molecular formula is C29H23ClF3N5O4. The molecule has 3 aromatic carbocycles. The molecule has 4 aromatic rings. The molecule has 0 radical (unpaired) electrons. The van der Waals surface area contributed by atoms with Crippen LogP contribution in [-0.2, 0) is 16.0 Å². The largest absolute Gasteiger partial charge is 0.573 e. The Morgan fingerprint density at radius 1 is 1.10 bits per heavy atom. The number of nitrogens with one attached hydrogen (secondary N) is 2. The summed E-state index contributed by atoms with van der Waals surface area (Å²) in [5.74, 6) is -0.103. The summed E-state index contributed by atoms with van der Waals surface area (Å²) in [7, 11) is 0. The Morgan fingerprint density at radius 3 is 2.52 bits per heavy atom. The number of amides is 2. The van der Waals surface area contributed by atoms with E-state index in [1.165, 1.54) is 35.3 Å². The van der Waals surface area contributed by atoms with Crippen LogP contribution in [0.2, 0.25) is 5.02 Å². The van der Waals surface area contributed by atoms with Gasteiger partial charge in [0.1, 0.15) is 12.1 Å². The molecule has 13 heteroatoms. The number of urea groups is 1. The number of carbonyl (C=O) groups excluding carboxylic acids is 2. The highest BCUT2D eigenvalue weighted by molar-refractivity contribution is 6.36. The van der Waals surface area contributed by atoms with Gasteiger partial charge in [-0.05, 0) is 54.8 Å². The summed E-state index contributed by atoms with van der Waals surface area (Å²) < 4.78 is 47.9. The normalized spacial score (nSPS) is 13.2. The Kier molecular flexibility index (Phi) is 8.16. The van der Waals surface area contributed by atoms with Crippen molar-refractivity contribution in [3.8, 4) is 22.8 Å². The number of nitrogens with zero attached hydrogens (tertiary/aromatic N) is 3. The van der Waals surface area contributed by atoms with Crippen molar-refractivity contribution in [3.05, 3.63) is 101 Å². The maximum atomic E-state index is 12.5. The summed E-state index contributed by atoms with van der Waals surface area (Å²) in [6.45, 7) is 1.95. The van der Waals surface area contributed by atoms with Crippen molar-refractivity contribution >= 4 is 29.0 Å². The van der Waals surface area contributed by atoms with Crippen LogP contribution >= 0.6 is 11.6 Å². The molecule has 2 N–H and O–H groups in total. The van der Waals surface area contributed by atoms with Gasteiger partial charge in [-0.25, -0.2) is 14.5 Å². The summed E-state index contributed by atoms with van der Waals surface area (Å²) in [6.07, 6.45) is -2.78. The van der Waals surface area contributed by atoms with Gasteiger partial charge in [-0.2, -0.15) is 0 Å². The monoisotopic (exact) mass is 597 g/mol. The standard InChI is InChI=1S/C29H23ClF3N5O4/c1-17-3-2-4-22(30)24(17)25-23(39)15-41-27(25)36-28(40)34-14-13-18-5-7-19(8-6-18)26-35-16-38(37-26)20-9-11-21(12-10-20)42-29(31,32)33/h2-12,16H,13-15H2,1H3,(H2,34,36,40). The first-order chi connectivity index (χ1) is 20.1.